The predicted molar refractivity (Wildman–Crippen MR) is 87.5 cm³/mol. The Balaban J connectivity index is 2.05. The Morgan fingerprint density at radius 1 is 1.24 bits per heavy atom. The quantitative estimate of drug-likeness (QED) is 0.866. The average molecular weight is 349 g/mol. The van der Waals surface area contributed by atoms with Crippen molar-refractivity contribution in [3.8, 4) is 0 Å². The maximum absolute atomic E-state index is 12.1. The van der Waals surface area contributed by atoms with Crippen LogP contribution >= 0.6 is 15.9 Å². The van der Waals surface area contributed by atoms with Crippen molar-refractivity contribution in [2.45, 2.75) is 13.8 Å². The summed E-state index contributed by atoms with van der Waals surface area (Å²) in [4.78, 5) is 20.3. The Morgan fingerprint density at radius 2 is 1.95 bits per heavy atom. The zero-order valence-corrected chi connectivity index (χ0v) is 13.5. The van der Waals surface area contributed by atoms with Gasteiger partial charge in [-0.05, 0) is 30.2 Å². The van der Waals surface area contributed by atoms with Gasteiger partial charge in [0.05, 0.1) is 0 Å². The summed E-state index contributed by atoms with van der Waals surface area (Å²) in [6, 6.07) is 9.02. The molecule has 21 heavy (non-hydrogen) atoms. The second kappa shape index (κ2) is 7.17. The number of hydrogen-bond donors (Lipinski definition) is 2. The van der Waals surface area contributed by atoms with Gasteiger partial charge in [-0.2, -0.15) is 0 Å². The van der Waals surface area contributed by atoms with Crippen LogP contribution in [-0.4, -0.2) is 22.4 Å². The molecule has 5 nitrogen and oxygen atoms in total. The van der Waals surface area contributed by atoms with E-state index in [9.17, 15) is 4.79 Å². The lowest BCUT2D eigenvalue weighted by Gasteiger charge is -2.09. The number of hydrogen-bond acceptors (Lipinski definition) is 4. The molecule has 0 aliphatic carbocycles. The summed E-state index contributed by atoms with van der Waals surface area (Å²) >= 11 is 3.35. The van der Waals surface area contributed by atoms with E-state index < -0.39 is 0 Å². The van der Waals surface area contributed by atoms with Crippen molar-refractivity contribution in [2.75, 3.05) is 17.2 Å². The molecule has 1 amide bonds. The fraction of sp³-hybridized carbons (Fsp3) is 0.267. The lowest BCUT2D eigenvalue weighted by atomic mass is 10.2. The van der Waals surface area contributed by atoms with E-state index in [0.717, 1.165) is 16.7 Å². The zero-order valence-electron chi connectivity index (χ0n) is 11.9. The number of aromatic nitrogens is 2. The molecule has 2 aromatic rings. The number of benzene rings is 1. The number of carbonyl (C=O) groups is 1. The zero-order chi connectivity index (χ0) is 15.2. The molecule has 0 radical (unpaired) electrons. The third-order valence-corrected chi connectivity index (χ3v) is 3.22. The molecule has 0 aliphatic heterocycles. The number of amides is 1. The highest BCUT2D eigenvalue weighted by Gasteiger charge is 2.09. The van der Waals surface area contributed by atoms with Crippen LogP contribution in [0.3, 0.4) is 0 Å². The van der Waals surface area contributed by atoms with E-state index in [1.54, 1.807) is 6.07 Å². The van der Waals surface area contributed by atoms with Gasteiger partial charge < -0.3 is 10.6 Å². The normalized spacial score (nSPS) is 10.5. The van der Waals surface area contributed by atoms with Crippen LogP contribution < -0.4 is 10.6 Å². The van der Waals surface area contributed by atoms with E-state index in [0.29, 0.717) is 17.4 Å². The highest BCUT2D eigenvalue weighted by Crippen LogP contribution is 2.15. The Morgan fingerprint density at radius 3 is 2.62 bits per heavy atom. The summed E-state index contributed by atoms with van der Waals surface area (Å²) in [6.07, 6.45) is 1.39. The molecule has 0 spiro atoms. The summed E-state index contributed by atoms with van der Waals surface area (Å²) in [5.74, 6) is 0.895. The summed E-state index contributed by atoms with van der Waals surface area (Å²) in [6.45, 7) is 5.01. The number of nitrogens with one attached hydrogen (secondary N) is 2. The fourth-order valence-corrected chi connectivity index (χ4v) is 1.88. The van der Waals surface area contributed by atoms with Gasteiger partial charge in [0, 0.05) is 22.8 Å². The lowest BCUT2D eigenvalue weighted by molar-refractivity contribution is 0.102. The number of anilines is 2. The Hall–Kier alpha value is -1.95. The van der Waals surface area contributed by atoms with Gasteiger partial charge in [0.25, 0.3) is 5.91 Å². The fourth-order valence-electron chi connectivity index (χ4n) is 1.62. The first-order valence-corrected chi connectivity index (χ1v) is 7.46. The van der Waals surface area contributed by atoms with Crippen LogP contribution in [0.1, 0.15) is 24.3 Å². The molecule has 2 rings (SSSR count). The molecule has 0 unspecified atom stereocenters. The SMILES string of the molecule is CC(C)CNc1cc(C(=O)Nc2ccc(Br)cc2)ncn1. The van der Waals surface area contributed by atoms with E-state index in [1.807, 2.05) is 24.3 Å². The van der Waals surface area contributed by atoms with E-state index in [2.05, 4.69) is 50.4 Å². The van der Waals surface area contributed by atoms with Gasteiger partial charge in [0.15, 0.2) is 0 Å². The first kappa shape index (κ1) is 15.4. The van der Waals surface area contributed by atoms with Gasteiger partial charge in [0.2, 0.25) is 0 Å². The number of halogens is 1. The molecule has 0 bridgehead atoms. The minimum absolute atomic E-state index is 0.257. The minimum Gasteiger partial charge on any atom is -0.370 e. The summed E-state index contributed by atoms with van der Waals surface area (Å²) in [5, 5.41) is 5.97. The van der Waals surface area contributed by atoms with Crippen molar-refractivity contribution < 1.29 is 4.79 Å². The molecule has 110 valence electrons. The maximum atomic E-state index is 12.1. The molecule has 0 atom stereocenters. The predicted octanol–water partition coefficient (Wildman–Crippen LogP) is 3.56. The van der Waals surface area contributed by atoms with Gasteiger partial charge in [0.1, 0.15) is 17.8 Å². The number of carbonyl (C=O) groups excluding carboxylic acids is 1. The van der Waals surface area contributed by atoms with Crippen molar-refractivity contribution in [3.63, 3.8) is 0 Å². The molecule has 2 N–H and O–H groups in total. The van der Waals surface area contributed by atoms with Gasteiger partial charge >= 0.3 is 0 Å². The van der Waals surface area contributed by atoms with Crippen LogP contribution in [0, 0.1) is 5.92 Å². The molecule has 6 heteroatoms. The number of rotatable bonds is 5. The van der Waals surface area contributed by atoms with Crippen molar-refractivity contribution in [1.82, 2.24) is 9.97 Å². The Kier molecular flexibility index (Phi) is 5.27. The van der Waals surface area contributed by atoms with Crippen LogP contribution in [0.25, 0.3) is 0 Å². The van der Waals surface area contributed by atoms with E-state index in [4.69, 9.17) is 0 Å². The maximum Gasteiger partial charge on any atom is 0.274 e. The standard InChI is InChI=1S/C15H17BrN4O/c1-10(2)8-17-14-7-13(18-9-19-14)15(21)20-12-5-3-11(16)4-6-12/h3-7,9-10H,8H2,1-2H3,(H,20,21)(H,17,18,19). The van der Waals surface area contributed by atoms with Gasteiger partial charge in [-0.15, -0.1) is 0 Å². The average Bonchev–Trinajstić information content (AvgIpc) is 2.48. The molecular formula is C15H17BrN4O. The molecule has 1 aromatic carbocycles. The second-order valence-corrected chi connectivity index (χ2v) is 5.94. The molecule has 0 aliphatic rings. The molecule has 0 fully saturated rings. The van der Waals surface area contributed by atoms with Crippen molar-refractivity contribution >= 4 is 33.3 Å². The molecule has 1 aromatic heterocycles. The molecule has 0 saturated carbocycles. The number of nitrogens with zero attached hydrogens (tertiary/aromatic N) is 2. The highest BCUT2D eigenvalue weighted by atomic mass is 79.9. The van der Waals surface area contributed by atoms with Crippen molar-refractivity contribution in [3.05, 3.63) is 46.8 Å². The Labute approximate surface area is 132 Å². The van der Waals surface area contributed by atoms with Crippen LogP contribution in [0.15, 0.2) is 41.1 Å². The summed E-state index contributed by atoms with van der Waals surface area (Å²) < 4.78 is 0.961. The lowest BCUT2D eigenvalue weighted by Crippen LogP contribution is -2.15. The topological polar surface area (TPSA) is 66.9 Å². The van der Waals surface area contributed by atoms with Gasteiger partial charge in [-0.3, -0.25) is 4.79 Å². The Bertz CT molecular complexity index is 613. The first-order chi connectivity index (χ1) is 10.0. The first-order valence-electron chi connectivity index (χ1n) is 6.67. The minimum atomic E-state index is -0.257. The monoisotopic (exact) mass is 348 g/mol. The highest BCUT2D eigenvalue weighted by molar-refractivity contribution is 9.10. The third-order valence-electron chi connectivity index (χ3n) is 2.69. The van der Waals surface area contributed by atoms with E-state index in [1.165, 1.54) is 6.33 Å². The van der Waals surface area contributed by atoms with Gasteiger partial charge in [-0.1, -0.05) is 29.8 Å². The van der Waals surface area contributed by atoms with Crippen LogP contribution in [0.2, 0.25) is 0 Å². The summed E-state index contributed by atoms with van der Waals surface area (Å²) in [5.41, 5.74) is 1.05. The second-order valence-electron chi connectivity index (χ2n) is 5.02. The largest absolute Gasteiger partial charge is 0.370 e. The molecule has 1 heterocycles. The summed E-state index contributed by atoms with van der Waals surface area (Å²) in [7, 11) is 0. The molecule has 0 saturated heterocycles. The molecular weight excluding hydrogens is 332 g/mol. The van der Waals surface area contributed by atoms with Crippen molar-refractivity contribution in [2.24, 2.45) is 5.92 Å². The van der Waals surface area contributed by atoms with E-state index in [-0.39, 0.29) is 5.91 Å². The van der Waals surface area contributed by atoms with Crippen molar-refractivity contribution in [1.29, 1.82) is 0 Å². The van der Waals surface area contributed by atoms with Crippen LogP contribution in [-0.2, 0) is 0 Å². The third kappa shape index (κ3) is 4.82. The van der Waals surface area contributed by atoms with Gasteiger partial charge in [-0.25, -0.2) is 9.97 Å². The smallest absolute Gasteiger partial charge is 0.274 e. The van der Waals surface area contributed by atoms with Crippen LogP contribution in [0.5, 0.6) is 0 Å². The van der Waals surface area contributed by atoms with Crippen LogP contribution in [0.4, 0.5) is 11.5 Å². The van der Waals surface area contributed by atoms with E-state index >= 15 is 0 Å².